The molecule has 0 saturated heterocycles. The summed E-state index contributed by atoms with van der Waals surface area (Å²) in [5.41, 5.74) is 4.21. The minimum atomic E-state index is -4.10. The summed E-state index contributed by atoms with van der Waals surface area (Å²) in [6.07, 6.45) is -0.00486. The number of nitrogens with zero attached hydrogens (tertiary/aromatic N) is 1. The molecule has 1 unspecified atom stereocenters. The van der Waals surface area contributed by atoms with Crippen molar-refractivity contribution >= 4 is 38.2 Å². The van der Waals surface area contributed by atoms with Crippen molar-refractivity contribution in [3.63, 3.8) is 0 Å². The minimum absolute atomic E-state index is 0.0215. The molecule has 6 aromatic rings. The number of anilines is 1. The van der Waals surface area contributed by atoms with E-state index in [4.69, 9.17) is 0 Å². The van der Waals surface area contributed by atoms with E-state index in [0.717, 1.165) is 33.0 Å². The first kappa shape index (κ1) is 34.8. The fourth-order valence-corrected chi connectivity index (χ4v) is 7.17. The van der Waals surface area contributed by atoms with Gasteiger partial charge in [-0.05, 0) is 63.7 Å². The summed E-state index contributed by atoms with van der Waals surface area (Å²) in [5, 5.41) is 11.6. The topological polar surface area (TPSA) is 91.8 Å². The van der Waals surface area contributed by atoms with Gasteiger partial charge in [-0.2, -0.15) is 0 Å². The van der Waals surface area contributed by atoms with Crippen LogP contribution in [-0.2, 0) is 27.8 Å². The quantitative estimate of drug-likeness (QED) is 0.131. The highest BCUT2D eigenvalue weighted by Crippen LogP contribution is 2.30. The van der Waals surface area contributed by atoms with Crippen LogP contribution in [0.15, 0.2) is 157 Å². The Balaban J connectivity index is 0.00000230. The molecule has 0 amide bonds. The van der Waals surface area contributed by atoms with Crippen LogP contribution in [0.5, 0.6) is 0 Å². The Bertz CT molecular complexity index is 2130. The number of aliphatic carboxylic acids is 1. The van der Waals surface area contributed by atoms with Gasteiger partial charge in [0, 0.05) is 12.0 Å². The van der Waals surface area contributed by atoms with E-state index < -0.39 is 21.9 Å². The number of carbonyl (C=O) groups excluding carboxylic acids is 1. The summed E-state index contributed by atoms with van der Waals surface area (Å²) >= 11 is 0. The van der Waals surface area contributed by atoms with Crippen molar-refractivity contribution in [3.8, 4) is 11.1 Å². The maximum Gasteiger partial charge on any atom is 0.307 e. The number of rotatable bonds is 12. The van der Waals surface area contributed by atoms with Crippen LogP contribution in [0, 0.1) is 5.92 Å². The molecule has 0 aliphatic heterocycles. The summed E-state index contributed by atoms with van der Waals surface area (Å²) in [6, 6.07) is 45.9. The van der Waals surface area contributed by atoms with Crippen molar-refractivity contribution in [1.82, 2.24) is 0 Å². The molecule has 0 bridgehead atoms. The van der Waals surface area contributed by atoms with Gasteiger partial charge in [0.15, 0.2) is 5.78 Å². The fraction of sp³-hybridized carbons (Fsp3) is 0.143. The first-order chi connectivity index (χ1) is 23.8. The van der Waals surface area contributed by atoms with Crippen molar-refractivity contribution in [2.75, 3.05) is 4.31 Å². The average molecular weight is 670 g/mol. The Hall–Kier alpha value is -5.53. The van der Waals surface area contributed by atoms with Crippen LogP contribution in [-0.4, -0.2) is 25.3 Å². The van der Waals surface area contributed by atoms with Crippen molar-refractivity contribution in [3.05, 3.63) is 168 Å². The van der Waals surface area contributed by atoms with E-state index in [-0.39, 0.29) is 35.6 Å². The van der Waals surface area contributed by atoms with Gasteiger partial charge in [0.05, 0.1) is 23.0 Å². The Morgan fingerprint density at radius 3 is 1.92 bits per heavy atom. The molecular weight excluding hydrogens is 631 g/mol. The van der Waals surface area contributed by atoms with Gasteiger partial charge in [0.1, 0.15) is 0 Å². The van der Waals surface area contributed by atoms with Gasteiger partial charge in [0.25, 0.3) is 10.0 Å². The number of carboxylic acids is 1. The van der Waals surface area contributed by atoms with Crippen LogP contribution in [0.4, 0.5) is 5.69 Å². The molecule has 6 aromatic carbocycles. The Kier molecular flexibility index (Phi) is 11.4. The smallest absolute Gasteiger partial charge is 0.307 e. The van der Waals surface area contributed by atoms with Crippen LogP contribution >= 0.6 is 0 Å². The second kappa shape index (κ2) is 16.0. The Morgan fingerprint density at radius 1 is 0.633 bits per heavy atom. The van der Waals surface area contributed by atoms with Crippen LogP contribution in [0.25, 0.3) is 21.9 Å². The molecule has 0 aromatic heterocycles. The van der Waals surface area contributed by atoms with E-state index in [1.54, 1.807) is 42.5 Å². The molecule has 49 heavy (non-hydrogen) atoms. The largest absolute Gasteiger partial charge is 0.481 e. The first-order valence-corrected chi connectivity index (χ1v) is 17.8. The highest BCUT2D eigenvalue weighted by Gasteiger charge is 2.28. The number of hydrogen-bond donors (Lipinski definition) is 1. The van der Waals surface area contributed by atoms with Gasteiger partial charge < -0.3 is 5.11 Å². The third-order valence-corrected chi connectivity index (χ3v) is 10.0. The zero-order chi connectivity index (χ0) is 34.8. The summed E-state index contributed by atoms with van der Waals surface area (Å²) in [4.78, 5) is 25.7. The summed E-state index contributed by atoms with van der Waals surface area (Å²) in [5.74, 6) is -2.35. The zero-order valence-corrected chi connectivity index (χ0v) is 28.4. The van der Waals surface area contributed by atoms with Crippen molar-refractivity contribution in [2.24, 2.45) is 5.92 Å². The monoisotopic (exact) mass is 669 g/mol. The van der Waals surface area contributed by atoms with E-state index in [1.165, 1.54) is 4.31 Å². The second-order valence-electron chi connectivity index (χ2n) is 11.5. The SMILES string of the molecule is CC.O=C(CC(Cc1ccccc1)C(=O)O)c1cccc(N(Cc2ccc(-c3ccccc3)cc2)S(=O)(=O)c2ccc3ccccc3c2)c1. The van der Waals surface area contributed by atoms with Gasteiger partial charge in [-0.15, -0.1) is 0 Å². The van der Waals surface area contributed by atoms with Gasteiger partial charge in [-0.25, -0.2) is 8.42 Å². The minimum Gasteiger partial charge on any atom is -0.481 e. The lowest BCUT2D eigenvalue weighted by atomic mass is 9.92. The standard InChI is InChI=1S/C40H33NO5S.C2H6/c42-39(27-36(40(43)44)24-29-10-3-1-4-11-29)35-16-9-17-37(25-35)41(28-30-18-20-33(21-19-30)31-12-5-2-6-13-31)47(45,46)38-23-22-32-14-7-8-15-34(32)26-38;1-2/h1-23,25-26,36H,24,27-28H2,(H,43,44);1-2H3. The maximum atomic E-state index is 14.4. The average Bonchev–Trinajstić information content (AvgIpc) is 3.15. The van der Waals surface area contributed by atoms with Crippen molar-refractivity contribution < 1.29 is 23.1 Å². The molecule has 0 aliphatic rings. The van der Waals surface area contributed by atoms with Gasteiger partial charge in [-0.1, -0.05) is 141 Å². The molecule has 248 valence electrons. The van der Waals surface area contributed by atoms with Crippen LogP contribution in [0.1, 0.15) is 41.8 Å². The van der Waals surface area contributed by atoms with Crippen LogP contribution < -0.4 is 4.31 Å². The number of fused-ring (bicyclic) bond motifs is 1. The van der Waals surface area contributed by atoms with E-state index >= 15 is 0 Å². The number of Topliss-reactive ketones (excluding diaryl/α,β-unsaturated/α-hetero) is 1. The highest BCUT2D eigenvalue weighted by molar-refractivity contribution is 7.92. The van der Waals surface area contributed by atoms with Gasteiger partial charge in [0.2, 0.25) is 0 Å². The second-order valence-corrected chi connectivity index (χ2v) is 13.3. The van der Waals surface area contributed by atoms with E-state index in [0.29, 0.717) is 5.69 Å². The molecular formula is C42H39NO5S. The third kappa shape index (κ3) is 8.50. The molecule has 0 heterocycles. The number of sulfonamides is 1. The van der Waals surface area contributed by atoms with Gasteiger partial charge >= 0.3 is 5.97 Å². The molecule has 0 radical (unpaired) electrons. The van der Waals surface area contributed by atoms with Gasteiger partial charge in [-0.3, -0.25) is 13.9 Å². The van der Waals surface area contributed by atoms with Crippen molar-refractivity contribution in [2.45, 2.75) is 38.1 Å². The first-order valence-electron chi connectivity index (χ1n) is 16.3. The van der Waals surface area contributed by atoms with Crippen LogP contribution in [0.2, 0.25) is 0 Å². The number of ketones is 1. The van der Waals surface area contributed by atoms with Crippen LogP contribution in [0.3, 0.4) is 0 Å². The number of benzene rings is 6. The molecule has 0 aliphatic carbocycles. The van der Waals surface area contributed by atoms with Crippen molar-refractivity contribution in [1.29, 1.82) is 0 Å². The Morgan fingerprint density at radius 2 is 1.24 bits per heavy atom. The molecule has 6 rings (SSSR count). The predicted octanol–water partition coefficient (Wildman–Crippen LogP) is 9.44. The normalized spacial score (nSPS) is 11.6. The number of carboxylic acid groups (broad SMARTS) is 1. The fourth-order valence-electron chi connectivity index (χ4n) is 5.69. The molecule has 0 spiro atoms. The highest BCUT2D eigenvalue weighted by atomic mass is 32.2. The maximum absolute atomic E-state index is 14.4. The summed E-state index contributed by atoms with van der Waals surface area (Å²) in [6.45, 7) is 4.02. The molecule has 1 N–H and O–H groups in total. The third-order valence-electron chi connectivity index (χ3n) is 8.26. The summed E-state index contributed by atoms with van der Waals surface area (Å²) in [7, 11) is -4.10. The predicted molar refractivity (Wildman–Crippen MR) is 197 cm³/mol. The number of carbonyl (C=O) groups is 2. The lowest BCUT2D eigenvalue weighted by molar-refractivity contribution is -0.141. The summed E-state index contributed by atoms with van der Waals surface area (Å²) < 4.78 is 30.1. The van der Waals surface area contributed by atoms with E-state index in [1.807, 2.05) is 123 Å². The molecule has 0 fully saturated rings. The lowest BCUT2D eigenvalue weighted by Gasteiger charge is -2.25. The molecule has 7 heteroatoms. The van der Waals surface area contributed by atoms with E-state index in [2.05, 4.69) is 0 Å². The Labute approximate surface area is 288 Å². The van der Waals surface area contributed by atoms with E-state index in [9.17, 15) is 23.1 Å². The lowest BCUT2D eigenvalue weighted by Crippen LogP contribution is -2.31. The zero-order valence-electron chi connectivity index (χ0n) is 27.6. The molecule has 6 nitrogen and oxygen atoms in total. The molecule has 1 atom stereocenters. The number of hydrogen-bond acceptors (Lipinski definition) is 4. The molecule has 0 saturated carbocycles.